The van der Waals surface area contributed by atoms with Gasteiger partial charge in [-0.2, -0.15) is 5.26 Å². The summed E-state index contributed by atoms with van der Waals surface area (Å²) in [6.07, 6.45) is 0. The van der Waals surface area contributed by atoms with Gasteiger partial charge in [-0.25, -0.2) is 0 Å². The second-order valence-electron chi connectivity index (χ2n) is 28.5. The number of nitriles is 1. The Balaban J connectivity index is 0.947. The van der Waals surface area contributed by atoms with E-state index in [1.807, 2.05) is 10.6 Å². The fourth-order valence-electron chi connectivity index (χ4n) is 15.1. The third-order valence-electron chi connectivity index (χ3n) is 19.8. The van der Waals surface area contributed by atoms with E-state index in [0.29, 0.717) is 38.8 Å². The van der Waals surface area contributed by atoms with Crippen molar-refractivity contribution in [3.8, 4) is 51.2 Å². The number of thiophene rings is 1. The van der Waals surface area contributed by atoms with Gasteiger partial charge in [0.25, 0.3) is 6.71 Å². The van der Waals surface area contributed by atoms with E-state index in [4.69, 9.17) is 11.9 Å². The van der Waals surface area contributed by atoms with E-state index in [1.165, 1.54) is 47.6 Å². The van der Waals surface area contributed by atoms with E-state index in [-0.39, 0.29) is 47.1 Å². The van der Waals surface area contributed by atoms with Crippen LogP contribution in [0.2, 0.25) is 0 Å². The number of furan rings is 1. The molecule has 0 radical (unpaired) electrons. The minimum atomic E-state index is -0.371. The zero-order chi connectivity index (χ0) is 66.6. The molecule has 12 aromatic carbocycles. The maximum absolute atomic E-state index is 10.3. The molecule has 0 saturated carbocycles. The molecular weight excluding hydrogens is 1150 g/mol. The minimum Gasteiger partial charge on any atom is -0.458 e. The molecule has 16 aromatic rings. The van der Waals surface area contributed by atoms with Crippen LogP contribution in [-0.4, -0.2) is 15.8 Å². The van der Waals surface area contributed by atoms with Gasteiger partial charge in [0.1, 0.15) is 22.7 Å². The molecule has 0 spiro atoms. The number of hydrogen-bond acceptors (Lipinski definition) is 5. The zero-order valence-corrected chi connectivity index (χ0v) is 54.0. The monoisotopic (exact) mass is 1220 g/mol. The first-order chi connectivity index (χ1) is 46.6. The summed E-state index contributed by atoms with van der Waals surface area (Å²) >= 11 is 1.80. The third-order valence-corrected chi connectivity index (χ3v) is 20.9. The van der Waals surface area contributed by atoms with Crippen molar-refractivity contribution in [3.63, 3.8) is 0 Å². The molecule has 0 amide bonds. The predicted molar refractivity (Wildman–Crippen MR) is 393 cm³/mol. The van der Waals surface area contributed by atoms with Gasteiger partial charge in [-0.3, -0.25) is 0 Å². The molecule has 0 N–H and O–H groups in total. The molecule has 6 nitrogen and oxygen atoms in total. The number of hydrogen-bond donors (Lipinski definition) is 0. The fourth-order valence-corrected chi connectivity index (χ4v) is 16.2. The fraction of sp³-hybridized carbons (Fsp3) is 0.141. The Kier molecular flexibility index (Phi) is 10.8. The number of benzene rings is 12. The van der Waals surface area contributed by atoms with Crippen LogP contribution in [0.3, 0.4) is 0 Å². The Labute approximate surface area is 550 Å². The summed E-state index contributed by atoms with van der Waals surface area (Å²) in [4.78, 5) is 2.40. The average Bonchev–Trinajstić information content (AvgIpc) is 1.44. The van der Waals surface area contributed by atoms with Gasteiger partial charge in [0.05, 0.1) is 44.9 Å². The van der Waals surface area contributed by atoms with Gasteiger partial charge in [0.2, 0.25) is 0 Å². The molecule has 446 valence electrons. The molecule has 8 heteroatoms. The normalized spacial score (nSPS) is 13.8. The molecule has 0 fully saturated rings. The maximum atomic E-state index is 10.3. The summed E-state index contributed by atoms with van der Waals surface area (Å²) in [7, 11) is 0. The Bertz CT molecular complexity index is 6140. The van der Waals surface area contributed by atoms with Crippen molar-refractivity contribution in [2.75, 3.05) is 4.90 Å². The van der Waals surface area contributed by atoms with Crippen LogP contribution in [0.25, 0.3) is 119 Å². The summed E-state index contributed by atoms with van der Waals surface area (Å²) in [5, 5.41) is 18.1. The average molecular weight is 1220 g/mol. The van der Waals surface area contributed by atoms with Crippen molar-refractivity contribution in [2.45, 2.75) is 78.6 Å². The highest BCUT2D eigenvalue weighted by molar-refractivity contribution is 7.26. The van der Waals surface area contributed by atoms with E-state index in [1.54, 1.807) is 23.5 Å². The number of rotatable bonds is 5. The van der Waals surface area contributed by atoms with Crippen LogP contribution in [0, 0.1) is 11.3 Å². The van der Waals surface area contributed by atoms with Crippen molar-refractivity contribution in [1.82, 2.24) is 9.13 Å². The number of anilines is 3. The zero-order valence-electron chi connectivity index (χ0n) is 57.2. The van der Waals surface area contributed by atoms with Crippen LogP contribution in [0.15, 0.2) is 235 Å². The lowest BCUT2D eigenvalue weighted by Crippen LogP contribution is -2.59. The van der Waals surface area contributed by atoms with Crippen LogP contribution >= 0.6 is 11.3 Å². The van der Waals surface area contributed by atoms with Crippen molar-refractivity contribution in [2.24, 2.45) is 0 Å². The third kappa shape index (κ3) is 8.32. The second-order valence-corrected chi connectivity index (χ2v) is 29.6. The smallest absolute Gasteiger partial charge is 0.256 e. The van der Waals surface area contributed by atoms with Gasteiger partial charge < -0.3 is 23.2 Å². The SMILES string of the molecule is [2H]c1c([2H])c([2H])c2c(c1[2H])c1cc(C#N)ccc1n2-c1ccc2c(c1)N(c1ccc(C(C)(C)C)cc1-c1ccccc1)c1cc(-c3cccc4c3oc3ccc5sc6ccccc6c5c34)cc3c1B2c1ccc(-n2c4ccc(C(C)(C)C)cc4c4cc(C(C)(C)C)ccc42)cc1O3. The van der Waals surface area contributed by atoms with E-state index >= 15 is 0 Å². The van der Waals surface area contributed by atoms with Crippen LogP contribution in [0.1, 0.15) is 90.1 Å². The molecule has 2 aliphatic rings. The Morgan fingerprint density at radius 3 is 1.84 bits per heavy atom. The first kappa shape index (κ1) is 51.1. The first-order valence-corrected chi connectivity index (χ1v) is 32.9. The van der Waals surface area contributed by atoms with Gasteiger partial charge in [-0.15, -0.1) is 11.3 Å². The predicted octanol–water partition coefficient (Wildman–Crippen LogP) is 21.7. The lowest BCUT2D eigenvalue weighted by Gasteiger charge is -2.41. The molecule has 0 unspecified atom stereocenters. The number of ether oxygens (including phenoxy) is 1. The topological polar surface area (TPSA) is 59.3 Å². The largest absolute Gasteiger partial charge is 0.458 e. The van der Waals surface area contributed by atoms with Gasteiger partial charge in [-0.05, 0) is 170 Å². The minimum absolute atomic E-state index is 0.0681. The molecule has 0 bridgehead atoms. The number of nitrogens with zero attached hydrogens (tertiary/aromatic N) is 4. The molecule has 0 aliphatic carbocycles. The summed E-state index contributed by atoms with van der Waals surface area (Å²) in [6, 6.07) is 75.3. The lowest BCUT2D eigenvalue weighted by molar-refractivity contribution is 0.487. The van der Waals surface area contributed by atoms with Crippen LogP contribution in [0.4, 0.5) is 17.1 Å². The lowest BCUT2D eigenvalue weighted by atomic mass is 9.34. The highest BCUT2D eigenvalue weighted by Crippen LogP contribution is 2.51. The Morgan fingerprint density at radius 1 is 0.452 bits per heavy atom. The molecule has 93 heavy (non-hydrogen) atoms. The number of aromatic nitrogens is 2. The number of fused-ring (bicyclic) bond motifs is 17. The number of para-hydroxylation sites is 2. The van der Waals surface area contributed by atoms with Gasteiger partial charge >= 0.3 is 0 Å². The molecule has 0 saturated heterocycles. The Morgan fingerprint density at radius 2 is 1.10 bits per heavy atom. The quantitative estimate of drug-likeness (QED) is 0.161. The van der Waals surface area contributed by atoms with Gasteiger partial charge in [0.15, 0.2) is 0 Å². The summed E-state index contributed by atoms with van der Waals surface area (Å²) < 4.78 is 58.8. The molecule has 0 atom stereocenters. The van der Waals surface area contributed by atoms with Crippen molar-refractivity contribution >= 4 is 137 Å². The molecule has 2 aliphatic heterocycles. The van der Waals surface area contributed by atoms with E-state index in [0.717, 1.165) is 100 Å². The van der Waals surface area contributed by atoms with E-state index < -0.39 is 0 Å². The van der Waals surface area contributed by atoms with E-state index in [2.05, 4.69) is 266 Å². The van der Waals surface area contributed by atoms with Gasteiger partial charge in [-0.1, -0.05) is 178 Å². The molecular formula is C85H65BN4O2S. The highest BCUT2D eigenvalue weighted by Gasteiger charge is 2.44. The van der Waals surface area contributed by atoms with E-state index in [9.17, 15) is 8.00 Å². The first-order valence-electron chi connectivity index (χ1n) is 34.1. The summed E-state index contributed by atoms with van der Waals surface area (Å²) in [5.41, 5.74) is 19.8. The molecule has 6 heterocycles. The molecule has 4 aromatic heterocycles. The molecule has 18 rings (SSSR count). The Hall–Kier alpha value is -10.6. The van der Waals surface area contributed by atoms with Gasteiger partial charge in [0, 0.05) is 92.4 Å². The summed E-state index contributed by atoms with van der Waals surface area (Å²) in [6.45, 7) is 20.0. The maximum Gasteiger partial charge on any atom is 0.256 e. The van der Waals surface area contributed by atoms with Crippen molar-refractivity contribution < 1.29 is 14.6 Å². The van der Waals surface area contributed by atoms with Crippen molar-refractivity contribution in [1.29, 1.82) is 5.26 Å². The summed E-state index contributed by atoms with van der Waals surface area (Å²) in [5.74, 6) is 1.45. The standard InChI is InChI=1S/C85H65BN4O2S/c1-83(2,3)52-27-35-68(61(43-52)50-18-11-10-12-19-50)90-72-46-55(88-67-24-15-13-20-58(67)62-40-49(48-87)26-34-69(62)88)30-32-65(72)86-66-33-31-56(89-70-36-28-53(84(4,5)6)44-63(70)64-45-54(85(7,8)9)29-37-71(64)89)47-75(66)91-76-42-51(41-73(90)81(76)86)57-22-17-23-60-79-74(92-82(57)60)38-39-78-80(79)59-21-14-16-25-77(59)93-78/h10-47H,1-9H3/i13D,15D,20D,24D. The van der Waals surface area contributed by atoms with Crippen LogP contribution in [0.5, 0.6) is 11.5 Å². The van der Waals surface area contributed by atoms with Crippen LogP contribution in [-0.2, 0) is 16.2 Å². The second kappa shape index (κ2) is 19.7. The van der Waals surface area contributed by atoms with Crippen LogP contribution < -0.4 is 26.0 Å². The highest BCUT2D eigenvalue weighted by atomic mass is 32.1. The van der Waals surface area contributed by atoms with Crippen molar-refractivity contribution in [3.05, 3.63) is 253 Å².